The van der Waals surface area contributed by atoms with Crippen LogP contribution in [0, 0.1) is 17.5 Å². The van der Waals surface area contributed by atoms with Crippen LogP contribution in [0.2, 0.25) is 0 Å². The van der Waals surface area contributed by atoms with Crippen LogP contribution in [0.1, 0.15) is 6.92 Å². The second-order valence-corrected chi connectivity index (χ2v) is 6.97. The molecule has 6 nitrogen and oxygen atoms in total. The highest BCUT2D eigenvalue weighted by Crippen LogP contribution is 2.27. The number of amides is 1. The number of nitrogens with zero attached hydrogens (tertiary/aromatic N) is 3. The summed E-state index contributed by atoms with van der Waals surface area (Å²) >= 11 is 1.07. The molecular formula is C18H15F3N4O2S. The monoisotopic (exact) mass is 408 g/mol. The third-order valence-electron chi connectivity index (χ3n) is 3.79. The number of carbonyl (C=O) groups is 1. The van der Waals surface area contributed by atoms with Gasteiger partial charge in [-0.25, -0.2) is 13.2 Å². The van der Waals surface area contributed by atoms with Crippen LogP contribution in [-0.2, 0) is 4.79 Å². The van der Waals surface area contributed by atoms with Crippen molar-refractivity contribution >= 4 is 23.4 Å². The van der Waals surface area contributed by atoms with Crippen LogP contribution in [0.3, 0.4) is 0 Å². The van der Waals surface area contributed by atoms with E-state index < -0.39 is 34.3 Å². The first-order chi connectivity index (χ1) is 13.4. The van der Waals surface area contributed by atoms with Gasteiger partial charge in [0.25, 0.3) is 0 Å². The van der Waals surface area contributed by atoms with Crippen molar-refractivity contribution in [3.63, 3.8) is 0 Å². The van der Waals surface area contributed by atoms with E-state index >= 15 is 0 Å². The van der Waals surface area contributed by atoms with Crippen LogP contribution in [0.5, 0.6) is 5.75 Å². The van der Waals surface area contributed by atoms with Crippen molar-refractivity contribution in [1.82, 2.24) is 14.8 Å². The molecule has 3 rings (SSSR count). The predicted molar refractivity (Wildman–Crippen MR) is 98.2 cm³/mol. The fourth-order valence-electron chi connectivity index (χ4n) is 2.31. The Morgan fingerprint density at radius 3 is 2.75 bits per heavy atom. The van der Waals surface area contributed by atoms with E-state index in [9.17, 15) is 18.0 Å². The number of hydrogen-bond acceptors (Lipinski definition) is 5. The number of anilines is 1. The zero-order valence-corrected chi connectivity index (χ0v) is 15.6. The Balaban J connectivity index is 1.75. The molecule has 0 aliphatic rings. The standard InChI is InChI=1S/C18H15F3N4O2S/c1-10(17(26)23-14-7-6-13(19)15(20)16(14)21)28-18-24-22-9-25(18)11-4-3-5-12(8-11)27-2/h3-10H,1-2H3,(H,23,26)/t10-/m0/s1. The van der Waals surface area contributed by atoms with Crippen molar-refractivity contribution in [3.8, 4) is 11.4 Å². The summed E-state index contributed by atoms with van der Waals surface area (Å²) < 4.78 is 46.9. The third kappa shape index (κ3) is 4.11. The van der Waals surface area contributed by atoms with Crippen molar-refractivity contribution in [1.29, 1.82) is 0 Å². The number of ether oxygens (including phenoxy) is 1. The molecular weight excluding hydrogens is 393 g/mol. The number of thioether (sulfide) groups is 1. The van der Waals surface area contributed by atoms with Gasteiger partial charge in [-0.3, -0.25) is 9.36 Å². The molecule has 0 bridgehead atoms. The average Bonchev–Trinajstić information content (AvgIpc) is 3.16. The number of hydrogen-bond donors (Lipinski definition) is 1. The van der Waals surface area contributed by atoms with Crippen LogP contribution in [-0.4, -0.2) is 33.0 Å². The molecule has 0 fully saturated rings. The minimum Gasteiger partial charge on any atom is -0.497 e. The highest BCUT2D eigenvalue weighted by atomic mass is 32.2. The topological polar surface area (TPSA) is 69.0 Å². The van der Waals surface area contributed by atoms with Gasteiger partial charge in [0.1, 0.15) is 12.1 Å². The van der Waals surface area contributed by atoms with E-state index in [1.54, 1.807) is 36.8 Å². The maximum atomic E-state index is 13.7. The molecule has 28 heavy (non-hydrogen) atoms. The summed E-state index contributed by atoms with van der Waals surface area (Å²) in [5.74, 6) is -4.39. The summed E-state index contributed by atoms with van der Waals surface area (Å²) in [6.45, 7) is 1.57. The summed E-state index contributed by atoms with van der Waals surface area (Å²) in [6.07, 6.45) is 1.48. The second-order valence-electron chi connectivity index (χ2n) is 5.66. The normalized spacial score (nSPS) is 11.9. The van der Waals surface area contributed by atoms with Crippen LogP contribution in [0.4, 0.5) is 18.9 Å². The number of aromatic nitrogens is 3. The van der Waals surface area contributed by atoms with Crippen molar-refractivity contribution in [2.24, 2.45) is 0 Å². The molecule has 0 spiro atoms. The van der Waals surface area contributed by atoms with Crippen LogP contribution in [0.25, 0.3) is 5.69 Å². The van der Waals surface area contributed by atoms with Gasteiger partial charge in [-0.2, -0.15) is 0 Å². The number of benzene rings is 2. The summed E-state index contributed by atoms with van der Waals surface area (Å²) in [5, 5.41) is 9.79. The zero-order valence-electron chi connectivity index (χ0n) is 14.8. The number of nitrogens with one attached hydrogen (secondary N) is 1. The molecule has 1 heterocycles. The Morgan fingerprint density at radius 2 is 2.00 bits per heavy atom. The van der Waals surface area contributed by atoms with Crippen LogP contribution in [0.15, 0.2) is 47.9 Å². The fraction of sp³-hybridized carbons (Fsp3) is 0.167. The lowest BCUT2D eigenvalue weighted by molar-refractivity contribution is -0.115. The third-order valence-corrected chi connectivity index (χ3v) is 4.85. The Bertz CT molecular complexity index is 1010. The highest BCUT2D eigenvalue weighted by Gasteiger charge is 2.21. The smallest absolute Gasteiger partial charge is 0.237 e. The molecule has 0 aliphatic heterocycles. The lowest BCUT2D eigenvalue weighted by Gasteiger charge is -2.13. The molecule has 146 valence electrons. The Labute approximate surface area is 162 Å². The Morgan fingerprint density at radius 1 is 1.21 bits per heavy atom. The van der Waals surface area contributed by atoms with Gasteiger partial charge >= 0.3 is 0 Å². The maximum Gasteiger partial charge on any atom is 0.237 e. The van der Waals surface area contributed by atoms with Gasteiger partial charge < -0.3 is 10.1 Å². The van der Waals surface area contributed by atoms with E-state index in [0.29, 0.717) is 10.9 Å². The molecule has 1 atom stereocenters. The molecule has 1 N–H and O–H groups in total. The van der Waals surface area contributed by atoms with E-state index in [1.807, 2.05) is 6.07 Å². The number of rotatable bonds is 6. The predicted octanol–water partition coefficient (Wildman–Crippen LogP) is 3.81. The minimum atomic E-state index is -1.64. The first kappa shape index (κ1) is 19.7. The quantitative estimate of drug-likeness (QED) is 0.496. The van der Waals surface area contributed by atoms with Gasteiger partial charge in [0.15, 0.2) is 22.6 Å². The second kappa shape index (κ2) is 8.34. The van der Waals surface area contributed by atoms with Crippen molar-refractivity contribution in [2.75, 3.05) is 12.4 Å². The van der Waals surface area contributed by atoms with Gasteiger partial charge in [0.2, 0.25) is 5.91 Å². The van der Waals surface area contributed by atoms with Gasteiger partial charge in [0, 0.05) is 6.07 Å². The Kier molecular flexibility index (Phi) is 5.88. The van der Waals surface area contributed by atoms with Gasteiger partial charge in [-0.15, -0.1) is 10.2 Å². The van der Waals surface area contributed by atoms with Crippen molar-refractivity contribution in [2.45, 2.75) is 17.3 Å². The first-order valence-electron chi connectivity index (χ1n) is 8.06. The zero-order chi connectivity index (χ0) is 20.3. The largest absolute Gasteiger partial charge is 0.497 e. The van der Waals surface area contributed by atoms with E-state index in [1.165, 1.54) is 6.33 Å². The summed E-state index contributed by atoms with van der Waals surface area (Å²) in [7, 11) is 1.55. The van der Waals surface area contributed by atoms with Crippen LogP contribution < -0.4 is 10.1 Å². The molecule has 10 heteroatoms. The lowest BCUT2D eigenvalue weighted by atomic mass is 10.2. The molecule has 1 amide bonds. The fourth-order valence-corrected chi connectivity index (χ4v) is 3.15. The first-order valence-corrected chi connectivity index (χ1v) is 8.94. The van der Waals surface area contributed by atoms with E-state index in [0.717, 1.165) is 29.6 Å². The number of methoxy groups -OCH3 is 1. The molecule has 2 aromatic carbocycles. The maximum absolute atomic E-state index is 13.7. The van der Waals surface area contributed by atoms with E-state index in [2.05, 4.69) is 15.5 Å². The van der Waals surface area contributed by atoms with Crippen LogP contribution >= 0.6 is 11.8 Å². The number of halogens is 3. The van der Waals surface area contributed by atoms with E-state index in [4.69, 9.17) is 4.74 Å². The molecule has 3 aromatic rings. The summed E-state index contributed by atoms with van der Waals surface area (Å²) in [6, 6.07) is 8.87. The number of carbonyl (C=O) groups excluding carboxylic acids is 1. The SMILES string of the molecule is COc1cccc(-n2cnnc2S[C@@H](C)C(=O)Nc2ccc(F)c(F)c2F)c1. The molecule has 0 aliphatic carbocycles. The molecule has 0 saturated carbocycles. The van der Waals surface area contributed by atoms with Crippen molar-refractivity contribution < 1.29 is 22.7 Å². The van der Waals surface area contributed by atoms with Gasteiger partial charge in [0.05, 0.1) is 23.7 Å². The van der Waals surface area contributed by atoms with E-state index in [-0.39, 0.29) is 0 Å². The summed E-state index contributed by atoms with van der Waals surface area (Å²) in [5.41, 5.74) is 0.289. The molecule has 0 unspecified atom stereocenters. The minimum absolute atomic E-state index is 0.418. The average molecular weight is 408 g/mol. The van der Waals surface area contributed by atoms with Gasteiger partial charge in [-0.05, 0) is 31.2 Å². The summed E-state index contributed by atoms with van der Waals surface area (Å²) in [4.78, 5) is 12.3. The molecule has 0 saturated heterocycles. The lowest BCUT2D eigenvalue weighted by Crippen LogP contribution is -2.23. The Hall–Kier alpha value is -3.01. The highest BCUT2D eigenvalue weighted by molar-refractivity contribution is 8.00. The molecule has 1 aromatic heterocycles. The molecule has 0 radical (unpaired) electrons. The van der Waals surface area contributed by atoms with Crippen molar-refractivity contribution in [3.05, 3.63) is 60.2 Å². The van der Waals surface area contributed by atoms with Gasteiger partial charge in [-0.1, -0.05) is 17.8 Å².